The molecule has 0 aliphatic carbocycles. The Kier molecular flexibility index (Phi) is 3.46. The smallest absolute Gasteiger partial charge is 0.126 e. The molecule has 4 heteroatoms. The van der Waals surface area contributed by atoms with Gasteiger partial charge in [0.2, 0.25) is 0 Å². The van der Waals surface area contributed by atoms with E-state index in [2.05, 4.69) is 0 Å². The molecule has 17 heavy (non-hydrogen) atoms. The topological polar surface area (TPSA) is 35.2 Å². The predicted molar refractivity (Wildman–Crippen MR) is 72.9 cm³/mol. The number of nitrogen functional groups attached to an aromatic ring is 1. The zero-order valence-corrected chi connectivity index (χ0v) is 10.7. The highest BCUT2D eigenvalue weighted by molar-refractivity contribution is 6.33. The third-order valence-electron chi connectivity index (χ3n) is 2.47. The molecule has 88 valence electrons. The second kappa shape index (κ2) is 4.86. The average molecular weight is 268 g/mol. The normalized spacial score (nSPS) is 10.3. The fraction of sp³-hybridized carbons (Fsp3) is 0.0769. The molecule has 0 aromatic heterocycles. The summed E-state index contributed by atoms with van der Waals surface area (Å²) in [4.78, 5) is 0. The molecule has 0 atom stereocenters. The molecule has 0 aliphatic heterocycles. The maximum atomic E-state index is 6.00. The predicted octanol–water partition coefficient (Wildman–Crippen LogP) is 4.25. The van der Waals surface area contributed by atoms with E-state index in [4.69, 9.17) is 33.7 Å². The first-order valence-electron chi connectivity index (χ1n) is 5.01. The summed E-state index contributed by atoms with van der Waals surface area (Å²) in [5, 5.41) is 1.17. The third kappa shape index (κ3) is 2.48. The van der Waals surface area contributed by atoms with Crippen molar-refractivity contribution in [2.24, 2.45) is 0 Å². The number of methoxy groups -OCH3 is 1. The van der Waals surface area contributed by atoms with Crippen molar-refractivity contribution in [2.45, 2.75) is 0 Å². The molecule has 0 saturated carbocycles. The van der Waals surface area contributed by atoms with Crippen LogP contribution in [0.25, 0.3) is 11.1 Å². The number of anilines is 1. The molecule has 2 N–H and O–H groups in total. The minimum atomic E-state index is 0.518. The van der Waals surface area contributed by atoms with Crippen LogP contribution in [0, 0.1) is 0 Å². The Hall–Kier alpha value is -1.38. The van der Waals surface area contributed by atoms with Crippen LogP contribution in [-0.4, -0.2) is 7.11 Å². The van der Waals surface area contributed by atoms with Gasteiger partial charge in [-0.25, -0.2) is 0 Å². The van der Waals surface area contributed by atoms with Gasteiger partial charge in [0, 0.05) is 10.6 Å². The van der Waals surface area contributed by atoms with E-state index in [-0.39, 0.29) is 0 Å². The Morgan fingerprint density at radius 1 is 1.06 bits per heavy atom. The zero-order valence-electron chi connectivity index (χ0n) is 9.21. The lowest BCUT2D eigenvalue weighted by atomic mass is 10.0. The van der Waals surface area contributed by atoms with Crippen molar-refractivity contribution in [3.63, 3.8) is 0 Å². The molecule has 0 radical (unpaired) electrons. The van der Waals surface area contributed by atoms with Crippen LogP contribution in [0.5, 0.6) is 5.75 Å². The molecule has 0 amide bonds. The van der Waals surface area contributed by atoms with E-state index in [1.807, 2.05) is 18.2 Å². The summed E-state index contributed by atoms with van der Waals surface area (Å²) < 4.78 is 5.29. The summed E-state index contributed by atoms with van der Waals surface area (Å²) in [6, 6.07) is 10.9. The van der Waals surface area contributed by atoms with E-state index in [1.165, 1.54) is 0 Å². The SMILES string of the molecule is COc1ccc(Cl)cc1-c1ccc(N)c(Cl)c1. The average Bonchev–Trinajstić information content (AvgIpc) is 2.32. The minimum absolute atomic E-state index is 0.518. The monoisotopic (exact) mass is 267 g/mol. The first-order chi connectivity index (χ1) is 8.11. The summed E-state index contributed by atoms with van der Waals surface area (Å²) in [6.07, 6.45) is 0. The lowest BCUT2D eigenvalue weighted by molar-refractivity contribution is 0.416. The van der Waals surface area contributed by atoms with Crippen molar-refractivity contribution in [3.8, 4) is 16.9 Å². The number of ether oxygens (including phenoxy) is 1. The lowest BCUT2D eigenvalue weighted by Gasteiger charge is -2.10. The van der Waals surface area contributed by atoms with Crippen LogP contribution in [-0.2, 0) is 0 Å². The Morgan fingerprint density at radius 2 is 1.82 bits per heavy atom. The molecule has 2 aromatic carbocycles. The summed E-state index contributed by atoms with van der Waals surface area (Å²) in [5.41, 5.74) is 8.04. The van der Waals surface area contributed by atoms with E-state index in [0.29, 0.717) is 15.7 Å². The van der Waals surface area contributed by atoms with Gasteiger partial charge in [-0.3, -0.25) is 0 Å². The van der Waals surface area contributed by atoms with E-state index < -0.39 is 0 Å². The molecular weight excluding hydrogens is 257 g/mol. The maximum Gasteiger partial charge on any atom is 0.126 e. The van der Waals surface area contributed by atoms with Crippen molar-refractivity contribution in [2.75, 3.05) is 12.8 Å². The van der Waals surface area contributed by atoms with Crippen LogP contribution in [0.2, 0.25) is 10.0 Å². The van der Waals surface area contributed by atoms with Gasteiger partial charge in [-0.1, -0.05) is 29.3 Å². The molecule has 0 spiro atoms. The number of hydrogen-bond donors (Lipinski definition) is 1. The van der Waals surface area contributed by atoms with Crippen molar-refractivity contribution in [1.82, 2.24) is 0 Å². The largest absolute Gasteiger partial charge is 0.496 e. The van der Waals surface area contributed by atoms with Gasteiger partial charge in [0.1, 0.15) is 5.75 Å². The standard InChI is InChI=1S/C13H11Cl2NO/c1-17-13-5-3-9(14)7-10(13)8-2-4-12(16)11(15)6-8/h2-7H,16H2,1H3. The number of nitrogens with two attached hydrogens (primary N) is 1. The highest BCUT2D eigenvalue weighted by Gasteiger charge is 2.08. The van der Waals surface area contributed by atoms with Crippen molar-refractivity contribution >= 4 is 28.9 Å². The number of hydrogen-bond acceptors (Lipinski definition) is 2. The van der Waals surface area contributed by atoms with E-state index in [1.54, 1.807) is 25.3 Å². The molecule has 0 heterocycles. The van der Waals surface area contributed by atoms with Gasteiger partial charge < -0.3 is 10.5 Å². The Bertz CT molecular complexity index is 555. The summed E-state index contributed by atoms with van der Waals surface area (Å²) >= 11 is 12.0. The van der Waals surface area contributed by atoms with Crippen molar-refractivity contribution in [3.05, 3.63) is 46.4 Å². The second-order valence-corrected chi connectivity index (χ2v) is 4.42. The quantitative estimate of drug-likeness (QED) is 0.826. The van der Waals surface area contributed by atoms with Crippen LogP contribution >= 0.6 is 23.2 Å². The second-order valence-electron chi connectivity index (χ2n) is 3.58. The van der Waals surface area contributed by atoms with Gasteiger partial charge in [0.15, 0.2) is 0 Å². The minimum Gasteiger partial charge on any atom is -0.496 e. The fourth-order valence-corrected chi connectivity index (χ4v) is 1.95. The van der Waals surface area contributed by atoms with Gasteiger partial charge >= 0.3 is 0 Å². The molecule has 0 aliphatic rings. The fourth-order valence-electron chi connectivity index (χ4n) is 1.60. The maximum absolute atomic E-state index is 6.00. The van der Waals surface area contributed by atoms with Crippen LogP contribution < -0.4 is 10.5 Å². The summed E-state index contributed by atoms with van der Waals surface area (Å²) in [5.74, 6) is 0.746. The van der Waals surface area contributed by atoms with Crippen LogP contribution in [0.15, 0.2) is 36.4 Å². The first-order valence-corrected chi connectivity index (χ1v) is 5.76. The Labute approximate surface area is 110 Å². The van der Waals surface area contributed by atoms with Gasteiger partial charge in [-0.05, 0) is 35.9 Å². The van der Waals surface area contributed by atoms with Crippen molar-refractivity contribution in [1.29, 1.82) is 0 Å². The summed E-state index contributed by atoms with van der Waals surface area (Å²) in [6.45, 7) is 0. The molecule has 2 nitrogen and oxygen atoms in total. The number of benzene rings is 2. The number of halogens is 2. The molecule has 2 aromatic rings. The Balaban J connectivity index is 2.58. The van der Waals surface area contributed by atoms with Crippen LogP contribution in [0.4, 0.5) is 5.69 Å². The highest BCUT2D eigenvalue weighted by Crippen LogP contribution is 2.34. The van der Waals surface area contributed by atoms with Crippen molar-refractivity contribution < 1.29 is 4.74 Å². The molecule has 0 unspecified atom stereocenters. The van der Waals surface area contributed by atoms with Crippen LogP contribution in [0.3, 0.4) is 0 Å². The van der Waals surface area contributed by atoms with Crippen LogP contribution in [0.1, 0.15) is 0 Å². The zero-order chi connectivity index (χ0) is 12.4. The van der Waals surface area contributed by atoms with E-state index in [0.717, 1.165) is 16.9 Å². The van der Waals surface area contributed by atoms with Gasteiger partial charge in [0.05, 0.1) is 17.8 Å². The summed E-state index contributed by atoms with van der Waals surface area (Å²) in [7, 11) is 1.62. The van der Waals surface area contributed by atoms with E-state index in [9.17, 15) is 0 Å². The van der Waals surface area contributed by atoms with Gasteiger partial charge in [0.25, 0.3) is 0 Å². The van der Waals surface area contributed by atoms with Gasteiger partial charge in [-0.2, -0.15) is 0 Å². The third-order valence-corrected chi connectivity index (χ3v) is 3.04. The number of rotatable bonds is 2. The molecular formula is C13H11Cl2NO. The first kappa shape index (κ1) is 12.1. The lowest BCUT2D eigenvalue weighted by Crippen LogP contribution is -1.90. The highest BCUT2D eigenvalue weighted by atomic mass is 35.5. The molecule has 0 bridgehead atoms. The Morgan fingerprint density at radius 3 is 2.47 bits per heavy atom. The molecule has 0 saturated heterocycles. The molecule has 0 fully saturated rings. The van der Waals surface area contributed by atoms with Gasteiger partial charge in [-0.15, -0.1) is 0 Å². The molecule has 2 rings (SSSR count). The van der Waals surface area contributed by atoms with E-state index >= 15 is 0 Å².